The van der Waals surface area contributed by atoms with E-state index in [1.165, 1.54) is 32.2 Å². The first-order chi connectivity index (χ1) is 7.65. The van der Waals surface area contributed by atoms with Gasteiger partial charge in [0.05, 0.1) is 0 Å². The maximum atomic E-state index is 10.5. The van der Waals surface area contributed by atoms with Gasteiger partial charge in [-0.05, 0) is 50.5 Å². The van der Waals surface area contributed by atoms with Gasteiger partial charge in [0.15, 0.2) is 0 Å². The van der Waals surface area contributed by atoms with Crippen molar-refractivity contribution < 1.29 is 9.90 Å². The highest BCUT2D eigenvalue weighted by atomic mass is 16.4. The number of carboxylic acids is 1. The van der Waals surface area contributed by atoms with Crippen LogP contribution in [0.5, 0.6) is 0 Å². The summed E-state index contributed by atoms with van der Waals surface area (Å²) in [7, 11) is 0. The topological polar surface area (TPSA) is 40.5 Å². The molecule has 0 bridgehead atoms. The van der Waals surface area contributed by atoms with E-state index >= 15 is 0 Å². The molecule has 0 amide bonds. The fourth-order valence-electron chi connectivity index (χ4n) is 3.27. The van der Waals surface area contributed by atoms with Gasteiger partial charge in [0.25, 0.3) is 0 Å². The first-order valence-corrected chi connectivity index (χ1v) is 6.61. The SMILES string of the molecule is CC1CCC(N2CCC(CCC(=O)O)C2)C1. The zero-order chi connectivity index (χ0) is 11.5. The number of carbonyl (C=O) groups is 1. The minimum Gasteiger partial charge on any atom is -0.481 e. The number of hydrogen-bond acceptors (Lipinski definition) is 2. The van der Waals surface area contributed by atoms with Crippen LogP contribution >= 0.6 is 0 Å². The van der Waals surface area contributed by atoms with Crippen molar-refractivity contribution in [3.63, 3.8) is 0 Å². The zero-order valence-corrected chi connectivity index (χ0v) is 10.2. The van der Waals surface area contributed by atoms with Crippen molar-refractivity contribution in [2.75, 3.05) is 13.1 Å². The van der Waals surface area contributed by atoms with E-state index in [9.17, 15) is 4.79 Å². The van der Waals surface area contributed by atoms with Gasteiger partial charge in [-0.3, -0.25) is 4.79 Å². The molecule has 1 aliphatic heterocycles. The molecule has 0 radical (unpaired) electrons. The Balaban J connectivity index is 1.73. The maximum Gasteiger partial charge on any atom is 0.303 e. The lowest BCUT2D eigenvalue weighted by Crippen LogP contribution is -2.31. The molecule has 1 aliphatic carbocycles. The molecular weight excluding hydrogens is 202 g/mol. The monoisotopic (exact) mass is 225 g/mol. The molecular formula is C13H23NO2. The Kier molecular flexibility index (Phi) is 3.85. The molecule has 3 atom stereocenters. The average molecular weight is 225 g/mol. The third-order valence-corrected chi connectivity index (χ3v) is 4.27. The fourth-order valence-corrected chi connectivity index (χ4v) is 3.27. The third kappa shape index (κ3) is 2.97. The largest absolute Gasteiger partial charge is 0.481 e. The first-order valence-electron chi connectivity index (χ1n) is 6.61. The van der Waals surface area contributed by atoms with E-state index in [4.69, 9.17) is 5.11 Å². The Hall–Kier alpha value is -0.570. The van der Waals surface area contributed by atoms with Crippen molar-refractivity contribution in [1.82, 2.24) is 4.90 Å². The van der Waals surface area contributed by atoms with Crippen LogP contribution in [0.15, 0.2) is 0 Å². The predicted molar refractivity (Wildman–Crippen MR) is 63.4 cm³/mol. The quantitative estimate of drug-likeness (QED) is 0.798. The lowest BCUT2D eigenvalue weighted by Gasteiger charge is -2.23. The van der Waals surface area contributed by atoms with Crippen LogP contribution in [0.2, 0.25) is 0 Å². The van der Waals surface area contributed by atoms with Gasteiger partial charge in [0.1, 0.15) is 0 Å². The molecule has 3 unspecified atom stereocenters. The summed E-state index contributed by atoms with van der Waals surface area (Å²) in [6.07, 6.45) is 6.51. The van der Waals surface area contributed by atoms with E-state index in [1.54, 1.807) is 0 Å². The number of nitrogens with zero attached hydrogens (tertiary/aromatic N) is 1. The normalized spacial score (nSPS) is 35.7. The summed E-state index contributed by atoms with van der Waals surface area (Å²) in [6.45, 7) is 4.68. The lowest BCUT2D eigenvalue weighted by molar-refractivity contribution is -0.137. The minimum atomic E-state index is -0.645. The zero-order valence-electron chi connectivity index (χ0n) is 10.2. The van der Waals surface area contributed by atoms with Crippen LogP contribution in [-0.4, -0.2) is 35.1 Å². The Morgan fingerprint density at radius 1 is 1.38 bits per heavy atom. The molecule has 1 N–H and O–H groups in total. The van der Waals surface area contributed by atoms with Crippen molar-refractivity contribution >= 4 is 5.97 Å². The lowest BCUT2D eigenvalue weighted by atomic mass is 10.0. The maximum absolute atomic E-state index is 10.5. The van der Waals surface area contributed by atoms with Crippen LogP contribution in [0.4, 0.5) is 0 Å². The molecule has 1 heterocycles. The minimum absolute atomic E-state index is 0.347. The molecule has 2 rings (SSSR count). The van der Waals surface area contributed by atoms with Crippen LogP contribution in [-0.2, 0) is 4.79 Å². The molecule has 92 valence electrons. The summed E-state index contributed by atoms with van der Waals surface area (Å²) in [6, 6.07) is 0.796. The van der Waals surface area contributed by atoms with Crippen molar-refractivity contribution in [2.45, 2.75) is 51.5 Å². The van der Waals surface area contributed by atoms with E-state index < -0.39 is 5.97 Å². The van der Waals surface area contributed by atoms with E-state index in [0.717, 1.165) is 24.9 Å². The number of aliphatic carboxylic acids is 1. The van der Waals surface area contributed by atoms with Gasteiger partial charge in [-0.2, -0.15) is 0 Å². The van der Waals surface area contributed by atoms with Gasteiger partial charge in [0, 0.05) is 19.0 Å². The molecule has 2 aliphatic rings. The van der Waals surface area contributed by atoms with Crippen LogP contribution in [0.1, 0.15) is 45.4 Å². The second-order valence-electron chi connectivity index (χ2n) is 5.65. The molecule has 16 heavy (non-hydrogen) atoms. The van der Waals surface area contributed by atoms with Crippen LogP contribution in [0.25, 0.3) is 0 Å². The second-order valence-corrected chi connectivity index (χ2v) is 5.65. The smallest absolute Gasteiger partial charge is 0.303 e. The van der Waals surface area contributed by atoms with E-state index in [0.29, 0.717) is 12.3 Å². The molecule has 1 saturated carbocycles. The standard InChI is InChI=1S/C13H23NO2/c1-10-2-4-12(8-10)14-7-6-11(9-14)3-5-13(15)16/h10-12H,2-9H2,1H3,(H,15,16). The summed E-state index contributed by atoms with van der Waals surface area (Å²) in [5, 5.41) is 8.67. The van der Waals surface area contributed by atoms with Crippen molar-refractivity contribution in [2.24, 2.45) is 11.8 Å². The number of likely N-dealkylation sites (tertiary alicyclic amines) is 1. The highest BCUT2D eigenvalue weighted by Gasteiger charge is 2.32. The molecule has 0 spiro atoms. The first kappa shape index (κ1) is 11.9. The molecule has 1 saturated heterocycles. The predicted octanol–water partition coefficient (Wildman–Crippen LogP) is 2.36. The summed E-state index contributed by atoms with van der Waals surface area (Å²) in [4.78, 5) is 13.1. The van der Waals surface area contributed by atoms with Crippen LogP contribution in [0.3, 0.4) is 0 Å². The van der Waals surface area contributed by atoms with Gasteiger partial charge >= 0.3 is 5.97 Å². The molecule has 0 aromatic heterocycles. The summed E-state index contributed by atoms with van der Waals surface area (Å²) < 4.78 is 0. The van der Waals surface area contributed by atoms with Gasteiger partial charge in [-0.1, -0.05) is 6.92 Å². The van der Waals surface area contributed by atoms with Crippen LogP contribution < -0.4 is 0 Å². The highest BCUT2D eigenvalue weighted by molar-refractivity contribution is 5.66. The highest BCUT2D eigenvalue weighted by Crippen LogP contribution is 2.33. The molecule has 3 nitrogen and oxygen atoms in total. The van der Waals surface area contributed by atoms with Gasteiger partial charge in [-0.25, -0.2) is 0 Å². The number of carboxylic acid groups (broad SMARTS) is 1. The Bertz CT molecular complexity index is 254. The summed E-state index contributed by atoms with van der Waals surface area (Å²) >= 11 is 0. The van der Waals surface area contributed by atoms with E-state index in [2.05, 4.69) is 11.8 Å². The van der Waals surface area contributed by atoms with Gasteiger partial charge in [0.2, 0.25) is 0 Å². The summed E-state index contributed by atoms with van der Waals surface area (Å²) in [5.41, 5.74) is 0. The van der Waals surface area contributed by atoms with Crippen LogP contribution in [0, 0.1) is 11.8 Å². The van der Waals surface area contributed by atoms with Gasteiger partial charge in [-0.15, -0.1) is 0 Å². The number of rotatable bonds is 4. The van der Waals surface area contributed by atoms with Crippen molar-refractivity contribution in [1.29, 1.82) is 0 Å². The molecule has 0 aromatic rings. The average Bonchev–Trinajstić information content (AvgIpc) is 2.83. The second kappa shape index (κ2) is 5.17. The van der Waals surface area contributed by atoms with Gasteiger partial charge < -0.3 is 10.0 Å². The fraction of sp³-hybridized carbons (Fsp3) is 0.923. The molecule has 2 fully saturated rings. The Morgan fingerprint density at radius 3 is 2.81 bits per heavy atom. The Labute approximate surface area is 97.8 Å². The van der Waals surface area contributed by atoms with Crippen molar-refractivity contribution in [3.05, 3.63) is 0 Å². The van der Waals surface area contributed by atoms with Crippen molar-refractivity contribution in [3.8, 4) is 0 Å². The molecule has 3 heteroatoms. The van der Waals surface area contributed by atoms with E-state index in [-0.39, 0.29) is 0 Å². The molecule has 0 aromatic carbocycles. The third-order valence-electron chi connectivity index (χ3n) is 4.27. The van der Waals surface area contributed by atoms with E-state index in [1.807, 2.05) is 0 Å². The number of hydrogen-bond donors (Lipinski definition) is 1. The summed E-state index contributed by atoms with van der Waals surface area (Å²) in [5.74, 6) is 0.878. The Morgan fingerprint density at radius 2 is 2.19 bits per heavy atom.